The van der Waals surface area contributed by atoms with Crippen LogP contribution in [0.5, 0.6) is 5.75 Å². The molecule has 4 amide bonds. The van der Waals surface area contributed by atoms with Crippen LogP contribution in [0.15, 0.2) is 54.6 Å². The van der Waals surface area contributed by atoms with E-state index in [1.54, 1.807) is 17.0 Å². The van der Waals surface area contributed by atoms with Crippen molar-refractivity contribution in [3.05, 3.63) is 65.7 Å². The third-order valence-corrected chi connectivity index (χ3v) is 7.24. The number of amides is 4. The van der Waals surface area contributed by atoms with Gasteiger partial charge in [0.25, 0.3) is 0 Å². The summed E-state index contributed by atoms with van der Waals surface area (Å²) < 4.78 is 12.0. The van der Waals surface area contributed by atoms with Crippen molar-refractivity contribution in [2.45, 2.75) is 57.8 Å². The minimum Gasteiger partial charge on any atom is -0.488 e. The lowest BCUT2D eigenvalue weighted by Crippen LogP contribution is -2.37. The van der Waals surface area contributed by atoms with Crippen LogP contribution in [0, 0.1) is 0 Å². The molecular formula is C31H38ClN5O5. The summed E-state index contributed by atoms with van der Waals surface area (Å²) in [6.07, 6.45) is 0.522. The minimum atomic E-state index is -0.713. The van der Waals surface area contributed by atoms with Crippen LogP contribution in [0.25, 0.3) is 10.8 Å². The monoisotopic (exact) mass is 595 g/mol. The summed E-state index contributed by atoms with van der Waals surface area (Å²) >= 11 is 6.36. The summed E-state index contributed by atoms with van der Waals surface area (Å²) in [5.41, 5.74) is 13.6. The van der Waals surface area contributed by atoms with Crippen molar-refractivity contribution in [1.82, 2.24) is 5.32 Å². The second-order valence-electron chi connectivity index (χ2n) is 11.3. The second-order valence-corrected chi connectivity index (χ2v) is 11.6. The van der Waals surface area contributed by atoms with Gasteiger partial charge in [0.15, 0.2) is 0 Å². The Morgan fingerprint density at radius 3 is 2.43 bits per heavy atom. The Bertz CT molecular complexity index is 1440. The molecule has 0 unspecified atom stereocenters. The fraction of sp³-hybridized carbons (Fsp3) is 0.387. The van der Waals surface area contributed by atoms with Crippen LogP contribution in [-0.4, -0.2) is 48.6 Å². The largest absolute Gasteiger partial charge is 0.488 e. The molecule has 0 aliphatic carbocycles. The number of hydrogen-bond acceptors (Lipinski definition) is 6. The normalized spacial score (nSPS) is 15.2. The SMILES string of the molecule is CC(C)(C)OC(=O)N1C[C@@H](CCl)c2c1cc(OCc1ccc(NC(=O)[C@@H](N)CCCNC(N)=O)cc1)c1ccccc21. The molecular weight excluding hydrogens is 558 g/mol. The van der Waals surface area contributed by atoms with E-state index in [-0.39, 0.29) is 18.4 Å². The molecule has 0 radical (unpaired) electrons. The zero-order chi connectivity index (χ0) is 30.4. The Kier molecular flexibility index (Phi) is 9.80. The lowest BCUT2D eigenvalue weighted by atomic mass is 9.95. The van der Waals surface area contributed by atoms with Crippen LogP contribution < -0.4 is 31.7 Å². The zero-order valence-electron chi connectivity index (χ0n) is 24.1. The van der Waals surface area contributed by atoms with E-state index in [1.165, 1.54) is 0 Å². The average molecular weight is 596 g/mol. The van der Waals surface area contributed by atoms with Gasteiger partial charge in [0.2, 0.25) is 5.91 Å². The first kappa shape index (κ1) is 30.9. The number of carbonyl (C=O) groups excluding carboxylic acids is 3. The van der Waals surface area contributed by atoms with Gasteiger partial charge in [0, 0.05) is 42.0 Å². The van der Waals surface area contributed by atoms with Crippen molar-refractivity contribution >= 4 is 51.8 Å². The van der Waals surface area contributed by atoms with E-state index in [4.69, 9.17) is 32.5 Å². The Balaban J connectivity index is 1.47. The third kappa shape index (κ3) is 7.63. The maximum Gasteiger partial charge on any atom is 0.414 e. The molecule has 4 rings (SSSR count). The molecule has 0 aromatic heterocycles. The van der Waals surface area contributed by atoms with Crippen LogP contribution in [0.1, 0.15) is 50.7 Å². The molecule has 1 heterocycles. The van der Waals surface area contributed by atoms with Crippen molar-refractivity contribution < 1.29 is 23.9 Å². The Hall–Kier alpha value is -4.02. The third-order valence-electron chi connectivity index (χ3n) is 6.87. The highest BCUT2D eigenvalue weighted by molar-refractivity contribution is 6.19. The molecule has 0 saturated heterocycles. The van der Waals surface area contributed by atoms with E-state index in [0.717, 1.165) is 27.6 Å². The summed E-state index contributed by atoms with van der Waals surface area (Å²) in [4.78, 5) is 37.9. The number of nitrogens with zero attached hydrogens (tertiary/aromatic N) is 1. The van der Waals surface area contributed by atoms with Crippen LogP contribution in [-0.2, 0) is 16.1 Å². The second kappa shape index (κ2) is 13.3. The highest BCUT2D eigenvalue weighted by Crippen LogP contribution is 2.46. The van der Waals surface area contributed by atoms with Gasteiger partial charge in [-0.15, -0.1) is 11.6 Å². The van der Waals surface area contributed by atoms with Gasteiger partial charge in [-0.3, -0.25) is 9.69 Å². The molecule has 3 aromatic carbocycles. The van der Waals surface area contributed by atoms with Gasteiger partial charge < -0.3 is 31.6 Å². The van der Waals surface area contributed by atoms with E-state index in [9.17, 15) is 14.4 Å². The number of primary amides is 1. The maximum atomic E-state index is 13.1. The number of carbonyl (C=O) groups is 3. The molecule has 3 aromatic rings. The van der Waals surface area contributed by atoms with Crippen molar-refractivity contribution in [1.29, 1.82) is 0 Å². The Labute approximate surface area is 250 Å². The number of fused-ring (bicyclic) bond motifs is 3. The molecule has 0 bridgehead atoms. The molecule has 6 N–H and O–H groups in total. The van der Waals surface area contributed by atoms with Gasteiger partial charge in [-0.2, -0.15) is 0 Å². The highest BCUT2D eigenvalue weighted by atomic mass is 35.5. The van der Waals surface area contributed by atoms with Crippen LogP contribution in [0.4, 0.5) is 21.0 Å². The molecule has 1 aliphatic heterocycles. The van der Waals surface area contributed by atoms with Crippen LogP contribution in [0.2, 0.25) is 0 Å². The van der Waals surface area contributed by atoms with Gasteiger partial charge in [0.05, 0.1) is 11.7 Å². The van der Waals surface area contributed by atoms with E-state index in [1.807, 2.05) is 63.2 Å². The van der Waals surface area contributed by atoms with Crippen molar-refractivity contribution in [2.75, 3.05) is 29.2 Å². The van der Waals surface area contributed by atoms with Gasteiger partial charge in [0.1, 0.15) is 18.0 Å². The summed E-state index contributed by atoms with van der Waals surface area (Å²) in [7, 11) is 0. The number of alkyl halides is 1. The van der Waals surface area contributed by atoms with Crippen LogP contribution in [0.3, 0.4) is 0 Å². The molecule has 1 aliphatic rings. The summed E-state index contributed by atoms with van der Waals surface area (Å²) in [5, 5.41) is 7.20. The standard InChI is InChI=1S/C31H38ClN5O5/c1-31(2,3)42-30(40)37-17-20(16-32)27-23-8-5-4-7-22(23)26(15-25(27)37)41-18-19-10-12-21(13-11-19)36-28(38)24(33)9-6-14-35-29(34)39/h4-5,7-8,10-13,15,20,24H,6,9,14,16-18,33H2,1-3H3,(H,36,38)(H3,34,35,39)/t20-,24+/m1/s1. The van der Waals surface area contributed by atoms with Crippen LogP contribution >= 0.6 is 11.6 Å². The van der Waals surface area contributed by atoms with Gasteiger partial charge >= 0.3 is 12.1 Å². The number of hydrogen-bond donors (Lipinski definition) is 4. The van der Waals surface area contributed by atoms with E-state index in [0.29, 0.717) is 43.2 Å². The summed E-state index contributed by atoms with van der Waals surface area (Å²) in [5.74, 6) is 0.669. The topological polar surface area (TPSA) is 149 Å². The van der Waals surface area contributed by atoms with Gasteiger partial charge in [-0.1, -0.05) is 36.4 Å². The van der Waals surface area contributed by atoms with Crippen molar-refractivity contribution in [2.24, 2.45) is 11.5 Å². The average Bonchev–Trinajstić information content (AvgIpc) is 3.32. The number of halogens is 1. The lowest BCUT2D eigenvalue weighted by molar-refractivity contribution is -0.117. The van der Waals surface area contributed by atoms with Gasteiger partial charge in [-0.05, 0) is 62.3 Å². The van der Waals surface area contributed by atoms with E-state index < -0.39 is 23.8 Å². The fourth-order valence-corrected chi connectivity index (χ4v) is 5.15. The first-order valence-electron chi connectivity index (χ1n) is 13.9. The van der Waals surface area contributed by atoms with Gasteiger partial charge in [-0.25, -0.2) is 9.59 Å². The molecule has 0 spiro atoms. The zero-order valence-corrected chi connectivity index (χ0v) is 24.9. The predicted octanol–water partition coefficient (Wildman–Crippen LogP) is 5.21. The summed E-state index contributed by atoms with van der Waals surface area (Å²) in [6, 6.07) is 15.8. The molecule has 11 heteroatoms. The number of benzene rings is 3. The Morgan fingerprint density at radius 1 is 1.10 bits per heavy atom. The molecule has 2 atom stereocenters. The van der Waals surface area contributed by atoms with Crippen molar-refractivity contribution in [3.63, 3.8) is 0 Å². The Morgan fingerprint density at radius 2 is 1.79 bits per heavy atom. The maximum absolute atomic E-state index is 13.1. The number of anilines is 2. The fourth-order valence-electron chi connectivity index (χ4n) is 4.89. The minimum absolute atomic E-state index is 0.0317. The smallest absolute Gasteiger partial charge is 0.414 e. The number of ether oxygens (including phenoxy) is 2. The first-order chi connectivity index (χ1) is 20.0. The summed E-state index contributed by atoms with van der Waals surface area (Å²) in [6.45, 7) is 6.59. The van der Waals surface area contributed by atoms with E-state index in [2.05, 4.69) is 10.6 Å². The lowest BCUT2D eigenvalue weighted by Gasteiger charge is -2.25. The number of nitrogens with one attached hydrogen (secondary N) is 2. The number of rotatable bonds is 10. The number of nitrogens with two attached hydrogens (primary N) is 2. The molecule has 224 valence electrons. The molecule has 0 fully saturated rings. The van der Waals surface area contributed by atoms with Crippen molar-refractivity contribution in [3.8, 4) is 5.75 Å². The first-order valence-corrected chi connectivity index (χ1v) is 14.4. The quantitative estimate of drug-likeness (QED) is 0.187. The molecule has 10 nitrogen and oxygen atoms in total. The molecule has 42 heavy (non-hydrogen) atoms. The highest BCUT2D eigenvalue weighted by Gasteiger charge is 2.36. The number of urea groups is 1. The molecule has 0 saturated carbocycles. The van der Waals surface area contributed by atoms with E-state index >= 15 is 0 Å². The predicted molar refractivity (Wildman–Crippen MR) is 165 cm³/mol.